The first-order chi connectivity index (χ1) is 11.9. The molecule has 1 N–H and O–H groups in total. The van der Waals surface area contributed by atoms with Gasteiger partial charge in [0, 0.05) is 0 Å². The number of rotatable bonds is 4. The molecule has 4 heteroatoms. The zero-order chi connectivity index (χ0) is 17.9. The fraction of sp³-hybridized carbons (Fsp3) is 0.429. The maximum absolute atomic E-state index is 12.8. The molecule has 0 radical (unpaired) electrons. The van der Waals surface area contributed by atoms with E-state index in [0.29, 0.717) is 11.5 Å². The largest absolute Gasteiger partial charge is 0.416 e. The van der Waals surface area contributed by atoms with Crippen molar-refractivity contribution in [2.75, 3.05) is 0 Å². The molecule has 2 aromatic carbocycles. The minimum atomic E-state index is -4.34. The van der Waals surface area contributed by atoms with E-state index in [9.17, 15) is 18.3 Å². The Bertz CT molecular complexity index is 685. The predicted molar refractivity (Wildman–Crippen MR) is 93.0 cm³/mol. The van der Waals surface area contributed by atoms with E-state index < -0.39 is 17.8 Å². The lowest BCUT2D eigenvalue weighted by atomic mass is 9.84. The molecule has 3 rings (SSSR count). The SMILES string of the molecule is O[C@H](CC1CCCCC1)c1ccc(-c2cccc(C(F)(F)F)c2)cc1. The van der Waals surface area contributed by atoms with Gasteiger partial charge in [-0.25, -0.2) is 0 Å². The number of hydrogen-bond acceptors (Lipinski definition) is 1. The molecule has 0 spiro atoms. The van der Waals surface area contributed by atoms with Crippen LogP contribution < -0.4 is 0 Å². The Balaban J connectivity index is 1.71. The fourth-order valence-electron chi connectivity index (χ4n) is 3.65. The van der Waals surface area contributed by atoms with Crippen LogP contribution in [-0.2, 0) is 6.18 Å². The van der Waals surface area contributed by atoms with E-state index in [1.807, 2.05) is 12.1 Å². The molecule has 0 heterocycles. The summed E-state index contributed by atoms with van der Waals surface area (Å²) >= 11 is 0. The second-order valence-electron chi connectivity index (χ2n) is 6.96. The first-order valence-electron chi connectivity index (χ1n) is 8.89. The molecular formula is C21H23F3O. The van der Waals surface area contributed by atoms with Crippen molar-refractivity contribution in [1.29, 1.82) is 0 Å². The molecule has 0 aromatic heterocycles. The Hall–Kier alpha value is -1.81. The third kappa shape index (κ3) is 4.63. The standard InChI is InChI=1S/C21H23F3O/c22-21(23,24)19-8-4-7-18(14-19)16-9-11-17(12-10-16)20(25)13-15-5-2-1-3-6-15/h4,7-12,14-15,20,25H,1-3,5-6,13H2/t20-/m1/s1. The average Bonchev–Trinajstić information content (AvgIpc) is 2.62. The second-order valence-corrected chi connectivity index (χ2v) is 6.96. The molecule has 1 fully saturated rings. The summed E-state index contributed by atoms with van der Waals surface area (Å²) < 4.78 is 38.5. The molecule has 1 aliphatic rings. The lowest BCUT2D eigenvalue weighted by Gasteiger charge is -2.24. The summed E-state index contributed by atoms with van der Waals surface area (Å²) in [6, 6.07) is 12.5. The van der Waals surface area contributed by atoms with Gasteiger partial charge in [-0.2, -0.15) is 13.2 Å². The van der Waals surface area contributed by atoms with Gasteiger partial charge in [0.15, 0.2) is 0 Å². The Kier molecular flexibility index (Phi) is 5.48. The van der Waals surface area contributed by atoms with Crippen molar-refractivity contribution in [2.45, 2.75) is 50.8 Å². The maximum Gasteiger partial charge on any atom is 0.416 e. The highest BCUT2D eigenvalue weighted by Gasteiger charge is 2.30. The first kappa shape index (κ1) is 18.0. The maximum atomic E-state index is 12.8. The van der Waals surface area contributed by atoms with E-state index >= 15 is 0 Å². The van der Waals surface area contributed by atoms with E-state index in [2.05, 4.69) is 0 Å². The Morgan fingerprint density at radius 1 is 0.920 bits per heavy atom. The van der Waals surface area contributed by atoms with E-state index in [4.69, 9.17) is 0 Å². The van der Waals surface area contributed by atoms with Crippen LogP contribution in [0.2, 0.25) is 0 Å². The zero-order valence-electron chi connectivity index (χ0n) is 14.1. The summed E-state index contributed by atoms with van der Waals surface area (Å²) in [5.41, 5.74) is 1.44. The summed E-state index contributed by atoms with van der Waals surface area (Å²) in [4.78, 5) is 0. The van der Waals surface area contributed by atoms with Gasteiger partial charge in [-0.05, 0) is 41.2 Å². The van der Waals surface area contributed by atoms with Crippen LogP contribution in [0.25, 0.3) is 11.1 Å². The van der Waals surface area contributed by atoms with Gasteiger partial charge in [-0.1, -0.05) is 68.5 Å². The molecule has 1 atom stereocenters. The van der Waals surface area contributed by atoms with E-state index in [1.165, 1.54) is 38.2 Å². The van der Waals surface area contributed by atoms with E-state index in [-0.39, 0.29) is 0 Å². The Labute approximate surface area is 146 Å². The van der Waals surface area contributed by atoms with Crippen LogP contribution in [0.5, 0.6) is 0 Å². The van der Waals surface area contributed by atoms with E-state index in [0.717, 1.165) is 29.7 Å². The molecule has 1 nitrogen and oxygen atoms in total. The summed E-state index contributed by atoms with van der Waals surface area (Å²) in [7, 11) is 0. The quantitative estimate of drug-likeness (QED) is 0.680. The monoisotopic (exact) mass is 348 g/mol. The number of benzene rings is 2. The van der Waals surface area contributed by atoms with Crippen LogP contribution in [0.15, 0.2) is 48.5 Å². The number of alkyl halides is 3. The molecule has 1 saturated carbocycles. The first-order valence-corrected chi connectivity index (χ1v) is 8.89. The van der Waals surface area contributed by atoms with Crippen molar-refractivity contribution < 1.29 is 18.3 Å². The minimum Gasteiger partial charge on any atom is -0.388 e. The van der Waals surface area contributed by atoms with Gasteiger partial charge >= 0.3 is 6.18 Å². The summed E-state index contributed by atoms with van der Waals surface area (Å²) in [5.74, 6) is 0.576. The third-order valence-corrected chi connectivity index (χ3v) is 5.10. The molecular weight excluding hydrogens is 325 g/mol. The van der Waals surface area contributed by atoms with Gasteiger partial charge in [0.1, 0.15) is 0 Å². The molecule has 0 bridgehead atoms. The van der Waals surface area contributed by atoms with Crippen molar-refractivity contribution in [3.05, 3.63) is 59.7 Å². The smallest absolute Gasteiger partial charge is 0.388 e. The molecule has 0 saturated heterocycles. The normalized spacial score (nSPS) is 17.4. The van der Waals surface area contributed by atoms with Crippen molar-refractivity contribution in [1.82, 2.24) is 0 Å². The molecule has 1 aliphatic carbocycles. The topological polar surface area (TPSA) is 20.2 Å². The highest BCUT2D eigenvalue weighted by atomic mass is 19.4. The minimum absolute atomic E-state index is 0.501. The molecule has 0 aliphatic heterocycles. The molecule has 0 unspecified atom stereocenters. The van der Waals surface area contributed by atoms with Crippen LogP contribution in [0, 0.1) is 5.92 Å². The van der Waals surface area contributed by atoms with Crippen molar-refractivity contribution >= 4 is 0 Å². The van der Waals surface area contributed by atoms with E-state index in [1.54, 1.807) is 18.2 Å². The van der Waals surface area contributed by atoms with Crippen molar-refractivity contribution in [2.24, 2.45) is 5.92 Å². The summed E-state index contributed by atoms with van der Waals surface area (Å²) in [6.45, 7) is 0. The number of aliphatic hydroxyl groups excluding tert-OH is 1. The third-order valence-electron chi connectivity index (χ3n) is 5.10. The summed E-state index contributed by atoms with van der Waals surface area (Å²) in [6.07, 6.45) is 2.06. The average molecular weight is 348 g/mol. The Morgan fingerprint density at radius 2 is 1.60 bits per heavy atom. The van der Waals surface area contributed by atoms with Gasteiger partial charge in [-0.15, -0.1) is 0 Å². The lowest BCUT2D eigenvalue weighted by Crippen LogP contribution is -2.11. The summed E-state index contributed by atoms with van der Waals surface area (Å²) in [5, 5.41) is 10.4. The van der Waals surface area contributed by atoms with Crippen LogP contribution in [0.4, 0.5) is 13.2 Å². The van der Waals surface area contributed by atoms with Gasteiger partial charge in [-0.3, -0.25) is 0 Å². The second kappa shape index (κ2) is 7.61. The molecule has 2 aromatic rings. The van der Waals surface area contributed by atoms with Crippen LogP contribution in [0.1, 0.15) is 55.8 Å². The van der Waals surface area contributed by atoms with Crippen molar-refractivity contribution in [3.8, 4) is 11.1 Å². The van der Waals surface area contributed by atoms with Gasteiger partial charge < -0.3 is 5.11 Å². The van der Waals surface area contributed by atoms with Gasteiger partial charge in [0.05, 0.1) is 11.7 Å². The molecule has 134 valence electrons. The van der Waals surface area contributed by atoms with Gasteiger partial charge in [0.25, 0.3) is 0 Å². The van der Waals surface area contributed by atoms with Crippen LogP contribution in [0.3, 0.4) is 0 Å². The molecule has 0 amide bonds. The number of halogens is 3. The zero-order valence-corrected chi connectivity index (χ0v) is 14.1. The Morgan fingerprint density at radius 3 is 2.24 bits per heavy atom. The van der Waals surface area contributed by atoms with Crippen molar-refractivity contribution in [3.63, 3.8) is 0 Å². The fourth-order valence-corrected chi connectivity index (χ4v) is 3.65. The predicted octanol–water partition coefficient (Wildman–Crippen LogP) is 6.38. The van der Waals surface area contributed by atoms with Crippen LogP contribution >= 0.6 is 0 Å². The van der Waals surface area contributed by atoms with Crippen LogP contribution in [-0.4, -0.2) is 5.11 Å². The highest BCUT2D eigenvalue weighted by molar-refractivity contribution is 5.64. The number of aliphatic hydroxyl groups is 1. The number of hydrogen-bond donors (Lipinski definition) is 1. The highest BCUT2D eigenvalue weighted by Crippen LogP contribution is 2.34. The molecule has 25 heavy (non-hydrogen) atoms. The lowest BCUT2D eigenvalue weighted by molar-refractivity contribution is -0.137. The van der Waals surface area contributed by atoms with Gasteiger partial charge in [0.2, 0.25) is 0 Å².